The van der Waals surface area contributed by atoms with Crippen molar-refractivity contribution in [3.05, 3.63) is 29.8 Å². The monoisotopic (exact) mass is 282 g/mol. The number of hydrogen-bond donors (Lipinski definition) is 0. The maximum absolute atomic E-state index is 11.9. The van der Waals surface area contributed by atoms with Crippen LogP contribution in [0.25, 0.3) is 0 Å². The Bertz CT molecular complexity index is 351. The van der Waals surface area contributed by atoms with E-state index < -0.39 is 6.36 Å². The summed E-state index contributed by atoms with van der Waals surface area (Å²) in [5.74, 6) is -0.217. The van der Waals surface area contributed by atoms with Gasteiger partial charge in [0, 0.05) is 7.11 Å². The van der Waals surface area contributed by atoms with Crippen LogP contribution in [0.5, 0.6) is 5.75 Å². The van der Waals surface area contributed by atoms with Crippen molar-refractivity contribution in [3.8, 4) is 5.75 Å². The Morgan fingerprint density at radius 2 is 1.83 bits per heavy atom. The van der Waals surface area contributed by atoms with Crippen LogP contribution < -0.4 is 4.74 Å². The quantitative estimate of drug-likeness (QED) is 0.740. The molecule has 0 saturated carbocycles. The average molecular weight is 283 g/mol. The van der Waals surface area contributed by atoms with E-state index in [4.69, 9.17) is 16.3 Å². The van der Waals surface area contributed by atoms with Crippen molar-refractivity contribution >= 4 is 11.6 Å². The maximum atomic E-state index is 11.9. The fourth-order valence-corrected chi connectivity index (χ4v) is 1.68. The SMILES string of the molecule is COCC(Cl)CCc1ccc(OC(F)(F)F)cc1. The van der Waals surface area contributed by atoms with Crippen molar-refractivity contribution in [1.82, 2.24) is 0 Å². The predicted molar refractivity (Wildman–Crippen MR) is 63.0 cm³/mol. The van der Waals surface area contributed by atoms with Crippen molar-refractivity contribution in [2.45, 2.75) is 24.6 Å². The van der Waals surface area contributed by atoms with E-state index in [0.29, 0.717) is 19.4 Å². The average Bonchev–Trinajstić information content (AvgIpc) is 2.26. The standard InChI is InChI=1S/C12H14ClF3O2/c1-17-8-10(13)5-2-9-3-6-11(7-4-9)18-12(14,15)16/h3-4,6-7,10H,2,5,8H2,1H3. The van der Waals surface area contributed by atoms with Crippen LogP contribution in [-0.4, -0.2) is 25.5 Å². The molecule has 0 aromatic heterocycles. The van der Waals surface area contributed by atoms with E-state index in [1.807, 2.05) is 0 Å². The maximum Gasteiger partial charge on any atom is 0.573 e. The summed E-state index contributed by atoms with van der Waals surface area (Å²) in [6.45, 7) is 0.455. The van der Waals surface area contributed by atoms with E-state index in [9.17, 15) is 13.2 Å². The molecule has 1 aromatic carbocycles. The molecule has 1 atom stereocenters. The van der Waals surface area contributed by atoms with Gasteiger partial charge in [-0.3, -0.25) is 0 Å². The molecule has 0 aliphatic rings. The molecular weight excluding hydrogens is 269 g/mol. The van der Waals surface area contributed by atoms with Crippen LogP contribution in [-0.2, 0) is 11.2 Å². The Hall–Kier alpha value is -0.940. The highest BCUT2D eigenvalue weighted by molar-refractivity contribution is 6.20. The lowest BCUT2D eigenvalue weighted by Gasteiger charge is -2.10. The summed E-state index contributed by atoms with van der Waals surface area (Å²) in [6.07, 6.45) is -3.26. The lowest BCUT2D eigenvalue weighted by Crippen LogP contribution is -2.17. The largest absolute Gasteiger partial charge is 0.573 e. The second-order valence-electron chi connectivity index (χ2n) is 3.78. The number of hydrogen-bond acceptors (Lipinski definition) is 2. The molecule has 0 aliphatic carbocycles. The van der Waals surface area contributed by atoms with Crippen LogP contribution in [0.2, 0.25) is 0 Å². The molecule has 0 aliphatic heterocycles. The minimum Gasteiger partial charge on any atom is -0.406 e. The Labute approximate surface area is 109 Å². The zero-order chi connectivity index (χ0) is 13.6. The minimum atomic E-state index is -4.65. The van der Waals surface area contributed by atoms with Crippen molar-refractivity contribution in [2.24, 2.45) is 0 Å². The van der Waals surface area contributed by atoms with Gasteiger partial charge in [0.15, 0.2) is 0 Å². The van der Waals surface area contributed by atoms with Gasteiger partial charge < -0.3 is 9.47 Å². The van der Waals surface area contributed by atoms with E-state index >= 15 is 0 Å². The van der Waals surface area contributed by atoms with Gasteiger partial charge in [0.25, 0.3) is 0 Å². The van der Waals surface area contributed by atoms with Crippen LogP contribution in [0.4, 0.5) is 13.2 Å². The molecule has 0 N–H and O–H groups in total. The zero-order valence-electron chi connectivity index (χ0n) is 9.84. The molecule has 2 nitrogen and oxygen atoms in total. The van der Waals surface area contributed by atoms with Crippen molar-refractivity contribution in [2.75, 3.05) is 13.7 Å². The summed E-state index contributed by atoms with van der Waals surface area (Å²) in [7, 11) is 1.57. The van der Waals surface area contributed by atoms with Gasteiger partial charge in [0.1, 0.15) is 5.75 Å². The molecule has 102 valence electrons. The third-order valence-electron chi connectivity index (χ3n) is 2.25. The summed E-state index contributed by atoms with van der Waals surface area (Å²) in [4.78, 5) is 0. The number of rotatable bonds is 6. The van der Waals surface area contributed by atoms with Gasteiger partial charge in [-0.25, -0.2) is 0 Å². The highest BCUT2D eigenvalue weighted by atomic mass is 35.5. The van der Waals surface area contributed by atoms with Crippen molar-refractivity contribution in [1.29, 1.82) is 0 Å². The summed E-state index contributed by atoms with van der Waals surface area (Å²) in [5.41, 5.74) is 0.909. The molecule has 0 spiro atoms. The smallest absolute Gasteiger partial charge is 0.406 e. The second kappa shape index (κ2) is 6.85. The Morgan fingerprint density at radius 1 is 1.22 bits per heavy atom. The van der Waals surface area contributed by atoms with Crippen LogP contribution in [0, 0.1) is 0 Å². The number of halogens is 4. The van der Waals surface area contributed by atoms with Gasteiger partial charge in [0.2, 0.25) is 0 Å². The van der Waals surface area contributed by atoms with Crippen molar-refractivity contribution in [3.63, 3.8) is 0 Å². The fourth-order valence-electron chi connectivity index (χ4n) is 1.45. The van der Waals surface area contributed by atoms with Crippen LogP contribution in [0.3, 0.4) is 0 Å². The second-order valence-corrected chi connectivity index (χ2v) is 4.40. The third kappa shape index (κ3) is 6.12. The first kappa shape index (κ1) is 15.1. The normalized spacial score (nSPS) is 13.4. The number of alkyl halides is 4. The molecule has 0 amide bonds. The molecule has 0 radical (unpaired) electrons. The third-order valence-corrected chi connectivity index (χ3v) is 2.59. The number of methoxy groups -OCH3 is 1. The summed E-state index contributed by atoms with van der Waals surface area (Å²) >= 11 is 5.95. The Balaban J connectivity index is 2.45. The molecule has 1 unspecified atom stereocenters. The van der Waals surface area contributed by atoms with Gasteiger partial charge in [-0.15, -0.1) is 24.8 Å². The fraction of sp³-hybridized carbons (Fsp3) is 0.500. The molecule has 1 aromatic rings. The van der Waals surface area contributed by atoms with Crippen LogP contribution >= 0.6 is 11.6 Å². The minimum absolute atomic E-state index is 0.0962. The van der Waals surface area contributed by atoms with Gasteiger partial charge in [-0.2, -0.15) is 0 Å². The van der Waals surface area contributed by atoms with Gasteiger partial charge >= 0.3 is 6.36 Å². The van der Waals surface area contributed by atoms with E-state index in [-0.39, 0.29) is 11.1 Å². The van der Waals surface area contributed by atoms with E-state index in [1.165, 1.54) is 12.1 Å². The summed E-state index contributed by atoms with van der Waals surface area (Å²) < 4.78 is 44.4. The van der Waals surface area contributed by atoms with E-state index in [2.05, 4.69) is 4.74 Å². The van der Waals surface area contributed by atoms with Gasteiger partial charge in [-0.05, 0) is 30.5 Å². The summed E-state index contributed by atoms with van der Waals surface area (Å²) in [5, 5.41) is -0.0962. The molecule has 6 heteroatoms. The zero-order valence-corrected chi connectivity index (χ0v) is 10.6. The Kier molecular flexibility index (Phi) is 5.75. The van der Waals surface area contributed by atoms with E-state index in [1.54, 1.807) is 19.2 Å². The first-order chi connectivity index (χ1) is 8.40. The number of ether oxygens (including phenoxy) is 2. The lowest BCUT2D eigenvalue weighted by atomic mass is 10.1. The molecule has 18 heavy (non-hydrogen) atoms. The first-order valence-electron chi connectivity index (χ1n) is 5.38. The molecule has 1 rings (SSSR count). The van der Waals surface area contributed by atoms with Crippen molar-refractivity contribution < 1.29 is 22.6 Å². The molecular formula is C12H14ClF3O2. The first-order valence-corrected chi connectivity index (χ1v) is 5.82. The number of benzene rings is 1. The molecule has 0 fully saturated rings. The highest BCUT2D eigenvalue weighted by Gasteiger charge is 2.30. The number of aryl methyl sites for hydroxylation is 1. The van der Waals surface area contributed by atoms with Gasteiger partial charge in [-0.1, -0.05) is 12.1 Å². The molecule has 0 saturated heterocycles. The molecule has 0 bridgehead atoms. The Morgan fingerprint density at radius 3 is 2.33 bits per heavy atom. The highest BCUT2D eigenvalue weighted by Crippen LogP contribution is 2.23. The lowest BCUT2D eigenvalue weighted by molar-refractivity contribution is -0.274. The molecule has 0 heterocycles. The van der Waals surface area contributed by atoms with E-state index in [0.717, 1.165) is 5.56 Å². The van der Waals surface area contributed by atoms with Gasteiger partial charge in [0.05, 0.1) is 12.0 Å². The topological polar surface area (TPSA) is 18.5 Å². The summed E-state index contributed by atoms with van der Waals surface area (Å²) in [6, 6.07) is 5.78. The van der Waals surface area contributed by atoms with Crippen LogP contribution in [0.15, 0.2) is 24.3 Å². The predicted octanol–water partition coefficient (Wildman–Crippen LogP) is 3.77. The van der Waals surface area contributed by atoms with Crippen LogP contribution in [0.1, 0.15) is 12.0 Å².